The van der Waals surface area contributed by atoms with Crippen LogP contribution in [0.1, 0.15) is 46.0 Å². The molecule has 0 bridgehead atoms. The molecular formula is C19H32N4O10. The van der Waals surface area contributed by atoms with Crippen LogP contribution in [-0.4, -0.2) is 86.8 Å². The minimum atomic E-state index is -1.60. The zero-order valence-corrected chi connectivity index (χ0v) is 18.4. The molecule has 0 radical (unpaired) electrons. The van der Waals surface area contributed by atoms with Gasteiger partial charge in [-0.15, -0.1) is 0 Å². The summed E-state index contributed by atoms with van der Waals surface area (Å²) in [7, 11) is 0. The van der Waals surface area contributed by atoms with Gasteiger partial charge in [0.2, 0.25) is 17.7 Å². The van der Waals surface area contributed by atoms with Crippen molar-refractivity contribution in [2.45, 2.75) is 70.1 Å². The smallest absolute Gasteiger partial charge is 0.326 e. The van der Waals surface area contributed by atoms with E-state index in [1.54, 1.807) is 0 Å². The number of hydrogen-bond donors (Lipinski definition) is 8. The molecule has 0 aromatic carbocycles. The van der Waals surface area contributed by atoms with Crippen LogP contribution in [0.3, 0.4) is 0 Å². The number of aliphatic hydroxyl groups is 1. The highest BCUT2D eigenvalue weighted by molar-refractivity contribution is 5.94. The van der Waals surface area contributed by atoms with Crippen molar-refractivity contribution in [2.24, 2.45) is 11.7 Å². The van der Waals surface area contributed by atoms with Crippen LogP contribution in [0.5, 0.6) is 0 Å². The number of rotatable bonds is 16. The van der Waals surface area contributed by atoms with E-state index in [1.807, 2.05) is 13.8 Å². The summed E-state index contributed by atoms with van der Waals surface area (Å²) in [6, 6.07) is -5.59. The van der Waals surface area contributed by atoms with Crippen molar-refractivity contribution in [2.75, 3.05) is 6.61 Å². The van der Waals surface area contributed by atoms with Crippen LogP contribution in [0.2, 0.25) is 0 Å². The highest BCUT2D eigenvalue weighted by Crippen LogP contribution is 2.05. The van der Waals surface area contributed by atoms with Gasteiger partial charge >= 0.3 is 17.9 Å². The molecule has 0 saturated carbocycles. The average Bonchev–Trinajstić information content (AvgIpc) is 2.70. The molecule has 9 N–H and O–H groups in total. The first-order valence-electron chi connectivity index (χ1n) is 10.2. The molecule has 0 heterocycles. The zero-order valence-electron chi connectivity index (χ0n) is 18.4. The van der Waals surface area contributed by atoms with Gasteiger partial charge in [-0.2, -0.15) is 0 Å². The van der Waals surface area contributed by atoms with Gasteiger partial charge in [0, 0.05) is 12.8 Å². The summed E-state index contributed by atoms with van der Waals surface area (Å²) in [5, 5.41) is 42.7. The number of carbonyl (C=O) groups is 6. The second kappa shape index (κ2) is 14.7. The minimum Gasteiger partial charge on any atom is -0.481 e. The predicted molar refractivity (Wildman–Crippen MR) is 112 cm³/mol. The Hall–Kier alpha value is -3.26. The van der Waals surface area contributed by atoms with Crippen molar-refractivity contribution in [3.63, 3.8) is 0 Å². The fourth-order valence-electron chi connectivity index (χ4n) is 2.69. The lowest BCUT2D eigenvalue weighted by Crippen LogP contribution is -2.58. The lowest BCUT2D eigenvalue weighted by atomic mass is 10.0. The van der Waals surface area contributed by atoms with Gasteiger partial charge in [0.15, 0.2) is 0 Å². The second-order valence-electron chi connectivity index (χ2n) is 7.81. The molecule has 4 unspecified atom stereocenters. The molecule has 0 rings (SSSR count). The summed E-state index contributed by atoms with van der Waals surface area (Å²) in [6.45, 7) is 2.81. The van der Waals surface area contributed by atoms with Crippen LogP contribution >= 0.6 is 0 Å². The maximum Gasteiger partial charge on any atom is 0.326 e. The monoisotopic (exact) mass is 476 g/mol. The summed E-state index contributed by atoms with van der Waals surface area (Å²) in [5.41, 5.74) is 5.73. The highest BCUT2D eigenvalue weighted by Gasteiger charge is 2.30. The van der Waals surface area contributed by atoms with Crippen LogP contribution in [0.15, 0.2) is 0 Å². The van der Waals surface area contributed by atoms with Crippen LogP contribution in [-0.2, 0) is 28.8 Å². The van der Waals surface area contributed by atoms with Gasteiger partial charge in [0.05, 0.1) is 12.6 Å². The Morgan fingerprint density at radius 2 is 1.15 bits per heavy atom. The first kappa shape index (κ1) is 29.7. The molecule has 4 atom stereocenters. The lowest BCUT2D eigenvalue weighted by molar-refractivity contribution is -0.144. The van der Waals surface area contributed by atoms with E-state index in [0.717, 1.165) is 0 Å². The van der Waals surface area contributed by atoms with E-state index in [4.69, 9.17) is 15.9 Å². The largest absolute Gasteiger partial charge is 0.481 e. The molecule has 0 aromatic heterocycles. The number of aliphatic hydroxyl groups excluding tert-OH is 1. The number of hydrogen-bond acceptors (Lipinski definition) is 8. The average molecular weight is 476 g/mol. The van der Waals surface area contributed by atoms with Crippen molar-refractivity contribution in [1.29, 1.82) is 0 Å². The highest BCUT2D eigenvalue weighted by atomic mass is 16.4. The molecular weight excluding hydrogens is 444 g/mol. The summed E-state index contributed by atoms with van der Waals surface area (Å²) >= 11 is 0. The SMILES string of the molecule is CC(C)CC(N)C(=O)NC(CO)C(=O)NC(CCC(=O)O)C(=O)NC(CCC(=O)O)C(=O)O. The molecule has 14 nitrogen and oxygen atoms in total. The van der Waals surface area contributed by atoms with E-state index in [0.29, 0.717) is 6.42 Å². The Labute approximate surface area is 189 Å². The molecule has 0 aliphatic rings. The third kappa shape index (κ3) is 12.4. The van der Waals surface area contributed by atoms with Gasteiger partial charge in [-0.3, -0.25) is 24.0 Å². The van der Waals surface area contributed by atoms with Crippen LogP contribution in [0.4, 0.5) is 0 Å². The Balaban J connectivity index is 5.34. The first-order chi connectivity index (χ1) is 15.3. The van der Waals surface area contributed by atoms with Gasteiger partial charge in [0.1, 0.15) is 18.1 Å². The van der Waals surface area contributed by atoms with E-state index < -0.39 is 92.1 Å². The molecule has 0 spiro atoms. The van der Waals surface area contributed by atoms with E-state index in [1.165, 1.54) is 0 Å². The molecule has 14 heteroatoms. The summed E-state index contributed by atoms with van der Waals surface area (Å²) in [6.07, 6.45) is -1.70. The maximum atomic E-state index is 12.5. The molecule has 0 aliphatic carbocycles. The number of carbonyl (C=O) groups excluding carboxylic acids is 3. The number of aliphatic carboxylic acids is 3. The van der Waals surface area contributed by atoms with Gasteiger partial charge in [0.25, 0.3) is 0 Å². The third-order valence-corrected chi connectivity index (χ3v) is 4.42. The predicted octanol–water partition coefficient (Wildman–Crippen LogP) is -2.38. The van der Waals surface area contributed by atoms with Gasteiger partial charge in [-0.1, -0.05) is 13.8 Å². The Morgan fingerprint density at radius 1 is 0.727 bits per heavy atom. The lowest BCUT2D eigenvalue weighted by Gasteiger charge is -2.24. The Morgan fingerprint density at radius 3 is 1.58 bits per heavy atom. The number of nitrogens with two attached hydrogens (primary N) is 1. The van der Waals surface area contributed by atoms with Gasteiger partial charge in [-0.05, 0) is 25.2 Å². The molecule has 3 amide bonds. The van der Waals surface area contributed by atoms with E-state index in [9.17, 15) is 39.0 Å². The zero-order chi connectivity index (χ0) is 25.7. The normalized spacial score (nSPS) is 14.5. The summed E-state index contributed by atoms with van der Waals surface area (Å²) < 4.78 is 0. The molecule has 0 aliphatic heterocycles. The quantitative estimate of drug-likeness (QED) is 0.117. The van der Waals surface area contributed by atoms with Crippen molar-refractivity contribution >= 4 is 35.6 Å². The first-order valence-corrected chi connectivity index (χ1v) is 10.2. The Bertz CT molecular complexity index is 727. The van der Waals surface area contributed by atoms with E-state index in [2.05, 4.69) is 16.0 Å². The van der Waals surface area contributed by atoms with Gasteiger partial charge in [-0.25, -0.2) is 4.79 Å². The third-order valence-electron chi connectivity index (χ3n) is 4.42. The fraction of sp³-hybridized carbons (Fsp3) is 0.684. The van der Waals surface area contributed by atoms with Crippen LogP contribution < -0.4 is 21.7 Å². The number of nitrogens with one attached hydrogen (secondary N) is 3. The Kier molecular flexibility index (Phi) is 13.3. The molecule has 0 aromatic rings. The minimum absolute atomic E-state index is 0.0829. The number of carboxylic acids is 3. The number of carboxylic acid groups (broad SMARTS) is 3. The van der Waals surface area contributed by atoms with E-state index in [-0.39, 0.29) is 5.92 Å². The summed E-state index contributed by atoms with van der Waals surface area (Å²) in [4.78, 5) is 70.0. The van der Waals surface area contributed by atoms with Crippen molar-refractivity contribution < 1.29 is 49.2 Å². The number of amides is 3. The van der Waals surface area contributed by atoms with Crippen LogP contribution in [0.25, 0.3) is 0 Å². The summed E-state index contributed by atoms with van der Waals surface area (Å²) in [5.74, 6) is -6.83. The molecule has 188 valence electrons. The van der Waals surface area contributed by atoms with Crippen LogP contribution in [0, 0.1) is 5.92 Å². The maximum absolute atomic E-state index is 12.5. The molecule has 0 saturated heterocycles. The van der Waals surface area contributed by atoms with E-state index >= 15 is 0 Å². The second-order valence-corrected chi connectivity index (χ2v) is 7.81. The van der Waals surface area contributed by atoms with Crippen molar-refractivity contribution in [3.05, 3.63) is 0 Å². The standard InChI is InChI=1S/C19H32N4O10/c1-9(2)7-10(20)16(29)23-13(8-24)18(31)21-11(3-5-14(25)26)17(30)22-12(19(32)33)4-6-15(27)28/h9-13,24H,3-8,20H2,1-2H3,(H,21,31)(H,22,30)(H,23,29)(H,25,26)(H,27,28)(H,32,33). The van der Waals surface area contributed by atoms with Crippen molar-refractivity contribution in [3.8, 4) is 0 Å². The fourth-order valence-corrected chi connectivity index (χ4v) is 2.69. The molecule has 33 heavy (non-hydrogen) atoms. The molecule has 0 fully saturated rings. The topological polar surface area (TPSA) is 245 Å². The van der Waals surface area contributed by atoms with Gasteiger partial charge < -0.3 is 42.1 Å². The van der Waals surface area contributed by atoms with Crippen molar-refractivity contribution in [1.82, 2.24) is 16.0 Å².